The number of rotatable bonds is 3. The molecule has 1 N–H and O–H groups in total. The van der Waals surface area contributed by atoms with Crippen molar-refractivity contribution in [1.29, 1.82) is 0 Å². The number of benzene rings is 1. The average Bonchev–Trinajstić information content (AvgIpc) is 2.14. The van der Waals surface area contributed by atoms with E-state index < -0.39 is 12.1 Å². The smallest absolute Gasteiger partial charge is 0.319 e. The summed E-state index contributed by atoms with van der Waals surface area (Å²) in [5, 5.41) is 2.55. The minimum Gasteiger partial charge on any atom is -0.319 e. The first-order valence-corrected chi connectivity index (χ1v) is 4.32. The molecular formula is C10H12F3N. The Morgan fingerprint density at radius 3 is 2.21 bits per heavy atom. The van der Waals surface area contributed by atoms with E-state index in [2.05, 4.69) is 5.32 Å². The van der Waals surface area contributed by atoms with Crippen molar-refractivity contribution >= 4 is 0 Å². The molecule has 1 unspecified atom stereocenters. The van der Waals surface area contributed by atoms with Crippen molar-refractivity contribution in [2.75, 3.05) is 13.6 Å². The van der Waals surface area contributed by atoms with Crippen molar-refractivity contribution in [3.63, 3.8) is 0 Å². The summed E-state index contributed by atoms with van der Waals surface area (Å²) >= 11 is 0. The molecule has 1 aromatic carbocycles. The summed E-state index contributed by atoms with van der Waals surface area (Å²) in [5.74, 6) is -1.42. The zero-order chi connectivity index (χ0) is 10.6. The second-order valence-electron chi connectivity index (χ2n) is 3.06. The monoisotopic (exact) mass is 203 g/mol. The molecule has 14 heavy (non-hydrogen) atoms. The summed E-state index contributed by atoms with van der Waals surface area (Å²) in [6, 6.07) is 7.93. The van der Waals surface area contributed by atoms with E-state index in [1.165, 1.54) is 19.2 Å². The lowest BCUT2D eigenvalue weighted by Gasteiger charge is -2.20. The van der Waals surface area contributed by atoms with Gasteiger partial charge in [-0.15, -0.1) is 0 Å². The molecule has 0 radical (unpaired) electrons. The van der Waals surface area contributed by atoms with Gasteiger partial charge in [-0.2, -0.15) is 13.2 Å². The molecule has 1 rings (SSSR count). The molecule has 0 aliphatic heterocycles. The first-order valence-electron chi connectivity index (χ1n) is 4.32. The Morgan fingerprint density at radius 1 is 1.21 bits per heavy atom. The number of nitrogens with one attached hydrogen (secondary N) is 1. The molecular weight excluding hydrogens is 191 g/mol. The molecule has 0 fully saturated rings. The van der Waals surface area contributed by atoms with Crippen LogP contribution in [0.3, 0.4) is 0 Å². The Balaban J connectivity index is 2.89. The third-order valence-electron chi connectivity index (χ3n) is 2.01. The van der Waals surface area contributed by atoms with Gasteiger partial charge in [-0.3, -0.25) is 0 Å². The highest BCUT2D eigenvalue weighted by Crippen LogP contribution is 2.33. The van der Waals surface area contributed by atoms with E-state index in [0.29, 0.717) is 5.56 Å². The largest absolute Gasteiger partial charge is 0.396 e. The van der Waals surface area contributed by atoms with Gasteiger partial charge in [0, 0.05) is 6.54 Å². The van der Waals surface area contributed by atoms with Gasteiger partial charge in [0.1, 0.15) is 0 Å². The molecule has 1 aromatic rings. The number of halogens is 3. The Kier molecular flexibility index (Phi) is 3.52. The normalized spacial score (nSPS) is 14.0. The third kappa shape index (κ3) is 2.73. The summed E-state index contributed by atoms with van der Waals surface area (Å²) in [6.07, 6.45) is -4.19. The summed E-state index contributed by atoms with van der Waals surface area (Å²) in [7, 11) is 1.52. The van der Waals surface area contributed by atoms with Crippen LogP contribution in [0.4, 0.5) is 13.2 Å². The zero-order valence-corrected chi connectivity index (χ0v) is 7.81. The van der Waals surface area contributed by atoms with Crippen LogP contribution in [0.2, 0.25) is 0 Å². The van der Waals surface area contributed by atoms with Gasteiger partial charge >= 0.3 is 6.18 Å². The summed E-state index contributed by atoms with van der Waals surface area (Å²) in [4.78, 5) is 0. The van der Waals surface area contributed by atoms with E-state index in [1.54, 1.807) is 18.2 Å². The van der Waals surface area contributed by atoms with Gasteiger partial charge in [0.05, 0.1) is 5.92 Å². The minimum atomic E-state index is -4.19. The van der Waals surface area contributed by atoms with E-state index in [1.807, 2.05) is 0 Å². The number of likely N-dealkylation sites (N-methyl/N-ethyl adjacent to an activating group) is 1. The lowest BCUT2D eigenvalue weighted by molar-refractivity contribution is -0.149. The predicted octanol–water partition coefficient (Wildman–Crippen LogP) is 2.55. The van der Waals surface area contributed by atoms with Crippen molar-refractivity contribution in [1.82, 2.24) is 5.32 Å². The number of alkyl halides is 3. The molecule has 0 aliphatic rings. The Bertz CT molecular complexity index is 268. The second kappa shape index (κ2) is 4.46. The van der Waals surface area contributed by atoms with E-state index in [9.17, 15) is 13.2 Å². The first kappa shape index (κ1) is 11.0. The average molecular weight is 203 g/mol. The molecule has 1 atom stereocenters. The number of hydrogen-bond acceptors (Lipinski definition) is 1. The second-order valence-corrected chi connectivity index (χ2v) is 3.06. The fourth-order valence-corrected chi connectivity index (χ4v) is 1.31. The van der Waals surface area contributed by atoms with Gasteiger partial charge in [0.25, 0.3) is 0 Å². The van der Waals surface area contributed by atoms with Gasteiger partial charge in [-0.1, -0.05) is 30.3 Å². The highest BCUT2D eigenvalue weighted by molar-refractivity contribution is 5.21. The van der Waals surface area contributed by atoms with E-state index in [0.717, 1.165) is 0 Å². The van der Waals surface area contributed by atoms with E-state index in [-0.39, 0.29) is 6.54 Å². The van der Waals surface area contributed by atoms with Crippen molar-refractivity contribution in [3.8, 4) is 0 Å². The third-order valence-corrected chi connectivity index (χ3v) is 2.01. The van der Waals surface area contributed by atoms with Crippen molar-refractivity contribution in [2.45, 2.75) is 12.1 Å². The molecule has 0 heterocycles. The molecule has 0 bridgehead atoms. The lowest BCUT2D eigenvalue weighted by Crippen LogP contribution is -2.29. The highest BCUT2D eigenvalue weighted by atomic mass is 19.4. The summed E-state index contributed by atoms with van der Waals surface area (Å²) in [6.45, 7) is -0.0898. The lowest BCUT2D eigenvalue weighted by atomic mass is 9.99. The van der Waals surface area contributed by atoms with Crippen LogP contribution in [0.1, 0.15) is 11.5 Å². The quantitative estimate of drug-likeness (QED) is 0.796. The molecule has 0 saturated carbocycles. The van der Waals surface area contributed by atoms with Crippen LogP contribution in [0, 0.1) is 0 Å². The van der Waals surface area contributed by atoms with Crippen LogP contribution in [-0.2, 0) is 0 Å². The maximum absolute atomic E-state index is 12.6. The van der Waals surface area contributed by atoms with Gasteiger partial charge in [-0.25, -0.2) is 0 Å². The van der Waals surface area contributed by atoms with Crippen molar-refractivity contribution in [3.05, 3.63) is 35.9 Å². The summed E-state index contributed by atoms with van der Waals surface area (Å²) in [5.41, 5.74) is 0.300. The fraction of sp³-hybridized carbons (Fsp3) is 0.400. The summed E-state index contributed by atoms with van der Waals surface area (Å²) < 4.78 is 37.7. The Labute approximate surface area is 80.9 Å². The number of hydrogen-bond donors (Lipinski definition) is 1. The predicted molar refractivity (Wildman–Crippen MR) is 49.2 cm³/mol. The van der Waals surface area contributed by atoms with Gasteiger partial charge in [0.2, 0.25) is 0 Å². The van der Waals surface area contributed by atoms with Crippen molar-refractivity contribution in [2.24, 2.45) is 0 Å². The zero-order valence-electron chi connectivity index (χ0n) is 7.81. The van der Waals surface area contributed by atoms with Crippen LogP contribution >= 0.6 is 0 Å². The SMILES string of the molecule is CNCC(c1ccccc1)C(F)(F)F. The van der Waals surface area contributed by atoms with Crippen LogP contribution in [0.15, 0.2) is 30.3 Å². The van der Waals surface area contributed by atoms with Crippen molar-refractivity contribution < 1.29 is 13.2 Å². The van der Waals surface area contributed by atoms with Crippen LogP contribution < -0.4 is 5.32 Å². The van der Waals surface area contributed by atoms with Gasteiger partial charge in [-0.05, 0) is 12.6 Å². The topological polar surface area (TPSA) is 12.0 Å². The standard InChI is InChI=1S/C10H12F3N/c1-14-7-9(10(11,12)13)8-5-3-2-4-6-8/h2-6,9,14H,7H2,1H3. The minimum absolute atomic E-state index is 0.0898. The molecule has 0 aromatic heterocycles. The molecule has 0 amide bonds. The van der Waals surface area contributed by atoms with Crippen LogP contribution in [-0.4, -0.2) is 19.8 Å². The first-order chi connectivity index (χ1) is 6.55. The Hall–Kier alpha value is -1.03. The van der Waals surface area contributed by atoms with Crippen LogP contribution in [0.5, 0.6) is 0 Å². The molecule has 1 nitrogen and oxygen atoms in total. The molecule has 0 saturated heterocycles. The fourth-order valence-electron chi connectivity index (χ4n) is 1.31. The highest BCUT2D eigenvalue weighted by Gasteiger charge is 2.39. The van der Waals surface area contributed by atoms with E-state index >= 15 is 0 Å². The van der Waals surface area contributed by atoms with E-state index in [4.69, 9.17) is 0 Å². The maximum atomic E-state index is 12.6. The maximum Gasteiger partial charge on any atom is 0.396 e. The molecule has 0 aliphatic carbocycles. The molecule has 4 heteroatoms. The van der Waals surface area contributed by atoms with Gasteiger partial charge in [0.15, 0.2) is 0 Å². The molecule has 0 spiro atoms. The van der Waals surface area contributed by atoms with Crippen LogP contribution in [0.25, 0.3) is 0 Å². The molecule has 78 valence electrons. The van der Waals surface area contributed by atoms with Gasteiger partial charge < -0.3 is 5.32 Å². The Morgan fingerprint density at radius 2 is 1.79 bits per heavy atom.